The van der Waals surface area contributed by atoms with Gasteiger partial charge in [0.05, 0.1) is 6.61 Å². The maximum Gasteiger partial charge on any atom is 0.180 e. The van der Waals surface area contributed by atoms with Gasteiger partial charge in [0.25, 0.3) is 0 Å². The first-order valence-electron chi connectivity index (χ1n) is 6.66. The molecule has 1 fully saturated rings. The molecule has 0 spiro atoms. The average Bonchev–Trinajstić information content (AvgIpc) is 3.05. The van der Waals surface area contributed by atoms with Gasteiger partial charge in [-0.1, -0.05) is 12.8 Å². The van der Waals surface area contributed by atoms with Crippen molar-refractivity contribution >= 4 is 27.4 Å². The molecule has 5 nitrogen and oxygen atoms in total. The highest BCUT2D eigenvalue weighted by Crippen LogP contribution is 2.29. The van der Waals surface area contributed by atoms with Crippen molar-refractivity contribution in [1.29, 1.82) is 0 Å². The van der Waals surface area contributed by atoms with Crippen LogP contribution in [0.5, 0.6) is 0 Å². The first kappa shape index (κ1) is 12.9. The lowest BCUT2D eigenvalue weighted by molar-refractivity contribution is 0.297. The smallest absolute Gasteiger partial charge is 0.180 e. The largest absolute Gasteiger partial charge is 0.395 e. The van der Waals surface area contributed by atoms with Gasteiger partial charge in [0.1, 0.15) is 4.60 Å². The molecule has 1 aliphatic carbocycles. The van der Waals surface area contributed by atoms with Crippen LogP contribution in [0.4, 0.5) is 5.82 Å². The normalized spacial score (nSPS) is 16.3. The van der Waals surface area contributed by atoms with E-state index in [-0.39, 0.29) is 6.61 Å². The molecular formula is C13H17BrN4O. The number of halogens is 1. The summed E-state index contributed by atoms with van der Waals surface area (Å²) in [6, 6.07) is 0.467. The molecule has 19 heavy (non-hydrogen) atoms. The second-order valence-corrected chi connectivity index (χ2v) is 5.71. The molecule has 1 aliphatic rings. The minimum absolute atomic E-state index is 0.136. The summed E-state index contributed by atoms with van der Waals surface area (Å²) in [5, 5.41) is 9.34. The van der Waals surface area contributed by atoms with E-state index in [0.717, 1.165) is 16.1 Å². The molecule has 0 saturated heterocycles. The van der Waals surface area contributed by atoms with E-state index in [0.29, 0.717) is 12.6 Å². The van der Waals surface area contributed by atoms with Crippen molar-refractivity contribution in [1.82, 2.24) is 14.4 Å². The predicted octanol–water partition coefficient (Wildman–Crippen LogP) is 2.23. The summed E-state index contributed by atoms with van der Waals surface area (Å²) in [5.41, 5.74) is 0.851. The van der Waals surface area contributed by atoms with Crippen LogP contribution in [-0.2, 0) is 0 Å². The average molecular weight is 325 g/mol. The van der Waals surface area contributed by atoms with Crippen LogP contribution in [0.2, 0.25) is 0 Å². The molecule has 0 unspecified atom stereocenters. The van der Waals surface area contributed by atoms with Crippen molar-refractivity contribution in [3.63, 3.8) is 0 Å². The molecule has 6 heteroatoms. The molecule has 0 aliphatic heterocycles. The van der Waals surface area contributed by atoms with Crippen molar-refractivity contribution in [3.05, 3.63) is 23.2 Å². The summed E-state index contributed by atoms with van der Waals surface area (Å²) in [4.78, 5) is 11.2. The monoisotopic (exact) mass is 324 g/mol. The van der Waals surface area contributed by atoms with Crippen molar-refractivity contribution < 1.29 is 5.11 Å². The lowest BCUT2D eigenvalue weighted by Crippen LogP contribution is -2.36. The number of aliphatic hydroxyl groups excluding tert-OH is 1. The van der Waals surface area contributed by atoms with Gasteiger partial charge in [0.15, 0.2) is 11.5 Å². The molecule has 2 aromatic rings. The van der Waals surface area contributed by atoms with Gasteiger partial charge >= 0.3 is 0 Å². The zero-order chi connectivity index (χ0) is 13.2. The van der Waals surface area contributed by atoms with Crippen LogP contribution in [0.3, 0.4) is 0 Å². The van der Waals surface area contributed by atoms with Crippen LogP contribution >= 0.6 is 15.9 Å². The Balaban J connectivity index is 2.05. The van der Waals surface area contributed by atoms with Gasteiger partial charge in [0.2, 0.25) is 0 Å². The molecule has 0 bridgehead atoms. The third kappa shape index (κ3) is 2.47. The number of anilines is 1. The number of imidazole rings is 1. The van der Waals surface area contributed by atoms with E-state index in [1.54, 1.807) is 6.20 Å². The molecular weight excluding hydrogens is 308 g/mol. The van der Waals surface area contributed by atoms with Crippen molar-refractivity contribution in [2.24, 2.45) is 0 Å². The van der Waals surface area contributed by atoms with E-state index >= 15 is 0 Å². The van der Waals surface area contributed by atoms with Crippen molar-refractivity contribution in [3.8, 4) is 0 Å². The van der Waals surface area contributed by atoms with Crippen LogP contribution in [0.25, 0.3) is 5.65 Å². The number of aromatic nitrogens is 3. The Morgan fingerprint density at radius 2 is 2.21 bits per heavy atom. The van der Waals surface area contributed by atoms with E-state index < -0.39 is 0 Å². The zero-order valence-corrected chi connectivity index (χ0v) is 12.3. The molecule has 0 radical (unpaired) electrons. The Labute approximate surface area is 120 Å². The first-order valence-corrected chi connectivity index (χ1v) is 7.45. The number of rotatable bonds is 4. The molecule has 2 aromatic heterocycles. The van der Waals surface area contributed by atoms with Crippen molar-refractivity contribution in [2.75, 3.05) is 18.1 Å². The minimum atomic E-state index is 0.136. The summed E-state index contributed by atoms with van der Waals surface area (Å²) < 4.78 is 2.75. The number of aliphatic hydroxyl groups is 1. The van der Waals surface area contributed by atoms with Crippen LogP contribution in [-0.4, -0.2) is 38.7 Å². The third-order valence-corrected chi connectivity index (χ3v) is 4.09. The molecule has 1 N–H and O–H groups in total. The van der Waals surface area contributed by atoms with Crippen LogP contribution in [0.1, 0.15) is 25.7 Å². The first-order chi connectivity index (χ1) is 9.29. The Morgan fingerprint density at radius 1 is 1.42 bits per heavy atom. The van der Waals surface area contributed by atoms with Gasteiger partial charge in [-0.2, -0.15) is 0 Å². The highest BCUT2D eigenvalue weighted by molar-refractivity contribution is 9.10. The molecule has 0 amide bonds. The summed E-state index contributed by atoms with van der Waals surface area (Å²) in [5.74, 6) is 0.861. The topological polar surface area (TPSA) is 53.7 Å². The van der Waals surface area contributed by atoms with Gasteiger partial charge in [0, 0.05) is 31.2 Å². The Bertz CT molecular complexity index is 565. The molecule has 0 aromatic carbocycles. The summed E-state index contributed by atoms with van der Waals surface area (Å²) in [7, 11) is 0. The molecule has 2 heterocycles. The zero-order valence-electron chi connectivity index (χ0n) is 10.7. The van der Waals surface area contributed by atoms with Gasteiger partial charge in [-0.3, -0.25) is 0 Å². The number of hydrogen-bond donors (Lipinski definition) is 1. The summed E-state index contributed by atoms with van der Waals surface area (Å²) in [6.45, 7) is 0.744. The second-order valence-electron chi connectivity index (χ2n) is 4.90. The lowest BCUT2D eigenvalue weighted by Gasteiger charge is -2.29. The number of hydrogen-bond acceptors (Lipinski definition) is 4. The molecule has 0 atom stereocenters. The van der Waals surface area contributed by atoms with Crippen molar-refractivity contribution in [2.45, 2.75) is 31.7 Å². The molecule has 102 valence electrons. The van der Waals surface area contributed by atoms with E-state index in [9.17, 15) is 5.11 Å². The highest BCUT2D eigenvalue weighted by atomic mass is 79.9. The molecule has 3 rings (SSSR count). The second kappa shape index (κ2) is 5.46. The van der Waals surface area contributed by atoms with E-state index in [2.05, 4.69) is 30.8 Å². The standard InChI is InChI=1S/C13H17BrN4O/c14-11-9-17-6-5-15-12(17)13(16-11)18(7-8-19)10-3-1-2-4-10/h5-6,9-10,19H,1-4,7-8H2. The summed E-state index contributed by atoms with van der Waals surface area (Å²) in [6.07, 6.45) is 10.4. The Morgan fingerprint density at radius 3 is 2.95 bits per heavy atom. The fourth-order valence-electron chi connectivity index (χ4n) is 2.86. The van der Waals surface area contributed by atoms with E-state index in [1.165, 1.54) is 25.7 Å². The predicted molar refractivity (Wildman–Crippen MR) is 77.4 cm³/mol. The fraction of sp³-hybridized carbons (Fsp3) is 0.538. The maximum atomic E-state index is 9.34. The maximum absolute atomic E-state index is 9.34. The third-order valence-electron chi connectivity index (χ3n) is 3.71. The fourth-order valence-corrected chi connectivity index (χ4v) is 3.25. The molecule has 1 saturated carbocycles. The van der Waals surface area contributed by atoms with Gasteiger partial charge in [-0.05, 0) is 28.8 Å². The SMILES string of the molecule is OCCN(c1nc(Br)cn2ccnc12)C1CCCC1. The van der Waals surface area contributed by atoms with Crippen LogP contribution < -0.4 is 4.90 Å². The van der Waals surface area contributed by atoms with E-state index in [4.69, 9.17) is 0 Å². The van der Waals surface area contributed by atoms with Gasteiger partial charge in [-0.15, -0.1) is 0 Å². The lowest BCUT2D eigenvalue weighted by atomic mass is 10.2. The Hall–Kier alpha value is -1.14. The Kier molecular flexibility index (Phi) is 3.70. The van der Waals surface area contributed by atoms with Gasteiger partial charge < -0.3 is 14.4 Å². The van der Waals surface area contributed by atoms with Crippen LogP contribution in [0.15, 0.2) is 23.2 Å². The number of fused-ring (bicyclic) bond motifs is 1. The minimum Gasteiger partial charge on any atom is -0.395 e. The van der Waals surface area contributed by atoms with Gasteiger partial charge in [-0.25, -0.2) is 9.97 Å². The summed E-state index contributed by atoms with van der Waals surface area (Å²) >= 11 is 3.45. The van der Waals surface area contributed by atoms with E-state index in [1.807, 2.05) is 16.8 Å². The number of nitrogens with zero attached hydrogens (tertiary/aromatic N) is 4. The highest BCUT2D eigenvalue weighted by Gasteiger charge is 2.25. The quantitative estimate of drug-likeness (QED) is 0.937. The van der Waals surface area contributed by atoms with Crippen LogP contribution in [0, 0.1) is 0 Å².